The Morgan fingerprint density at radius 2 is 1.94 bits per heavy atom. The molecule has 0 saturated heterocycles. The van der Waals surface area contributed by atoms with E-state index in [0.29, 0.717) is 23.3 Å². The van der Waals surface area contributed by atoms with E-state index in [0.717, 1.165) is 0 Å². The van der Waals surface area contributed by atoms with Crippen molar-refractivity contribution < 1.29 is 28.0 Å². The highest BCUT2D eigenvalue weighted by Gasteiger charge is 2.24. The minimum atomic E-state index is -0.570. The zero-order valence-electron chi connectivity index (χ0n) is 17.2. The molecule has 0 spiro atoms. The number of rotatable bonds is 10. The fourth-order valence-corrected chi connectivity index (χ4v) is 2.91. The molecule has 3 rings (SSSR count). The second-order valence-electron chi connectivity index (χ2n) is 6.64. The first-order valence-corrected chi connectivity index (χ1v) is 9.65. The molecule has 0 aliphatic carbocycles. The van der Waals surface area contributed by atoms with E-state index < -0.39 is 5.91 Å². The van der Waals surface area contributed by atoms with Crippen LogP contribution in [0.3, 0.4) is 0 Å². The Labute approximate surface area is 182 Å². The molecule has 0 atom stereocenters. The topological polar surface area (TPSA) is 123 Å². The number of carbonyl (C=O) groups is 3. The van der Waals surface area contributed by atoms with Crippen molar-refractivity contribution in [2.75, 3.05) is 19.0 Å². The van der Waals surface area contributed by atoms with Crippen molar-refractivity contribution in [3.05, 3.63) is 65.5 Å². The summed E-state index contributed by atoms with van der Waals surface area (Å²) in [5.74, 6) is -0.761. The van der Waals surface area contributed by atoms with Crippen LogP contribution in [0.15, 0.2) is 53.1 Å². The van der Waals surface area contributed by atoms with E-state index in [1.165, 1.54) is 19.2 Å². The van der Waals surface area contributed by atoms with Gasteiger partial charge in [0.05, 0.1) is 7.11 Å². The Bertz CT molecular complexity index is 1100. The summed E-state index contributed by atoms with van der Waals surface area (Å²) in [6.07, 6.45) is 0.371. The first-order chi connectivity index (χ1) is 15.5. The zero-order valence-corrected chi connectivity index (χ0v) is 17.2. The third kappa shape index (κ3) is 5.69. The Balaban J connectivity index is 1.61. The summed E-state index contributed by atoms with van der Waals surface area (Å²) in [5, 5.41) is 11.5. The quantitative estimate of drug-likeness (QED) is 0.417. The van der Waals surface area contributed by atoms with Crippen LogP contribution in [-0.4, -0.2) is 37.0 Å². The van der Waals surface area contributed by atoms with Gasteiger partial charge < -0.3 is 19.9 Å². The molecule has 0 bridgehead atoms. The van der Waals surface area contributed by atoms with Gasteiger partial charge in [-0.1, -0.05) is 17.3 Å². The molecule has 0 aliphatic rings. The van der Waals surface area contributed by atoms with Crippen molar-refractivity contribution in [2.45, 2.75) is 13.0 Å². The number of amides is 3. The summed E-state index contributed by atoms with van der Waals surface area (Å²) in [5.41, 5.74) is 1.46. The summed E-state index contributed by atoms with van der Waals surface area (Å²) in [6.45, 7) is 0.201. The number of hydrogen-bond acceptors (Lipinski definition) is 6. The standard InChI is InChI=1S/C22H21FN4O5/c1-31-17-7-5-15(6-8-17)20-19(22(26-13-28)32-27-20)21(30)24-10-9-18(29)25-12-14-3-2-4-16(23)11-14/h2-8,11,13H,9-10,12H2,1H3,(H,24,30)(H,25,29)(H,26,28). The summed E-state index contributed by atoms with van der Waals surface area (Å²) in [4.78, 5) is 35.7. The first-order valence-electron chi connectivity index (χ1n) is 9.65. The van der Waals surface area contributed by atoms with Crippen LogP contribution in [-0.2, 0) is 16.1 Å². The molecule has 3 N–H and O–H groups in total. The summed E-state index contributed by atoms with van der Waals surface area (Å²) < 4.78 is 23.4. The van der Waals surface area contributed by atoms with E-state index in [1.807, 2.05) is 0 Å². The van der Waals surface area contributed by atoms with Gasteiger partial charge in [0.1, 0.15) is 22.8 Å². The maximum Gasteiger partial charge on any atom is 0.259 e. The number of methoxy groups -OCH3 is 1. The predicted octanol–water partition coefficient (Wildman–Crippen LogP) is 2.49. The minimum absolute atomic E-state index is 0.000642. The summed E-state index contributed by atoms with van der Waals surface area (Å²) in [7, 11) is 1.53. The highest BCUT2D eigenvalue weighted by molar-refractivity contribution is 6.05. The van der Waals surface area contributed by atoms with Gasteiger partial charge in [-0.3, -0.25) is 19.7 Å². The van der Waals surface area contributed by atoms with Gasteiger partial charge in [0.15, 0.2) is 0 Å². The monoisotopic (exact) mass is 440 g/mol. The molecule has 0 unspecified atom stereocenters. The molecule has 1 aromatic heterocycles. The maximum absolute atomic E-state index is 13.2. The van der Waals surface area contributed by atoms with Gasteiger partial charge in [0.2, 0.25) is 18.2 Å². The molecule has 9 nitrogen and oxygen atoms in total. The van der Waals surface area contributed by atoms with Crippen LogP contribution >= 0.6 is 0 Å². The van der Waals surface area contributed by atoms with Crippen molar-refractivity contribution >= 4 is 24.1 Å². The molecule has 32 heavy (non-hydrogen) atoms. The number of hydrogen-bond donors (Lipinski definition) is 3. The summed E-state index contributed by atoms with van der Waals surface area (Å²) in [6, 6.07) is 12.7. The van der Waals surface area contributed by atoms with E-state index >= 15 is 0 Å². The fourth-order valence-electron chi connectivity index (χ4n) is 2.91. The van der Waals surface area contributed by atoms with E-state index in [-0.39, 0.29) is 48.4 Å². The molecule has 1 heterocycles. The number of anilines is 1. The zero-order chi connectivity index (χ0) is 22.9. The second-order valence-corrected chi connectivity index (χ2v) is 6.64. The van der Waals surface area contributed by atoms with Gasteiger partial charge in [0, 0.05) is 25.1 Å². The normalized spacial score (nSPS) is 10.3. The maximum atomic E-state index is 13.2. The molecule has 0 aliphatic heterocycles. The Morgan fingerprint density at radius 1 is 1.16 bits per heavy atom. The van der Waals surface area contributed by atoms with Crippen LogP contribution in [0.25, 0.3) is 11.3 Å². The van der Waals surface area contributed by atoms with E-state index in [9.17, 15) is 18.8 Å². The number of halogens is 1. The SMILES string of the molecule is COc1ccc(-c2noc(NC=O)c2C(=O)NCCC(=O)NCc2cccc(F)c2)cc1. The lowest BCUT2D eigenvalue weighted by molar-refractivity contribution is -0.121. The smallest absolute Gasteiger partial charge is 0.259 e. The highest BCUT2D eigenvalue weighted by atomic mass is 19.1. The van der Waals surface area contributed by atoms with Crippen LogP contribution in [0, 0.1) is 5.82 Å². The van der Waals surface area contributed by atoms with Crippen LogP contribution in [0.4, 0.5) is 10.3 Å². The molecule has 166 valence electrons. The van der Waals surface area contributed by atoms with Crippen molar-refractivity contribution in [3.63, 3.8) is 0 Å². The minimum Gasteiger partial charge on any atom is -0.497 e. The molecule has 10 heteroatoms. The average molecular weight is 440 g/mol. The van der Waals surface area contributed by atoms with Crippen molar-refractivity contribution in [3.8, 4) is 17.0 Å². The number of nitrogens with one attached hydrogen (secondary N) is 3. The Hall–Kier alpha value is -4.21. The van der Waals surface area contributed by atoms with Crippen LogP contribution in [0.2, 0.25) is 0 Å². The van der Waals surface area contributed by atoms with Crippen molar-refractivity contribution in [2.24, 2.45) is 0 Å². The number of carbonyl (C=O) groups excluding carboxylic acids is 3. The Kier molecular flexibility index (Phi) is 7.52. The van der Waals surface area contributed by atoms with Crippen molar-refractivity contribution in [1.29, 1.82) is 0 Å². The van der Waals surface area contributed by atoms with Gasteiger partial charge in [-0.15, -0.1) is 0 Å². The molecule has 0 saturated carbocycles. The molecule has 0 fully saturated rings. The molecule has 3 aromatic rings. The van der Waals surface area contributed by atoms with Crippen LogP contribution in [0.1, 0.15) is 22.3 Å². The third-order valence-corrected chi connectivity index (χ3v) is 4.49. The lowest BCUT2D eigenvalue weighted by Crippen LogP contribution is -2.31. The number of nitrogens with zero attached hydrogens (tertiary/aromatic N) is 1. The largest absolute Gasteiger partial charge is 0.497 e. The van der Waals surface area contributed by atoms with E-state index in [2.05, 4.69) is 21.1 Å². The van der Waals surface area contributed by atoms with Gasteiger partial charge >= 0.3 is 0 Å². The van der Waals surface area contributed by atoms with E-state index in [4.69, 9.17) is 9.26 Å². The first kappa shape index (κ1) is 22.5. The van der Waals surface area contributed by atoms with Gasteiger partial charge in [-0.25, -0.2) is 4.39 Å². The van der Waals surface area contributed by atoms with Crippen molar-refractivity contribution in [1.82, 2.24) is 15.8 Å². The van der Waals surface area contributed by atoms with Gasteiger partial charge in [-0.2, -0.15) is 0 Å². The number of ether oxygens (including phenoxy) is 1. The highest BCUT2D eigenvalue weighted by Crippen LogP contribution is 2.29. The predicted molar refractivity (Wildman–Crippen MR) is 113 cm³/mol. The van der Waals surface area contributed by atoms with E-state index in [1.54, 1.807) is 36.4 Å². The lowest BCUT2D eigenvalue weighted by atomic mass is 10.1. The number of aromatic nitrogens is 1. The molecule has 2 aromatic carbocycles. The summed E-state index contributed by atoms with van der Waals surface area (Å²) >= 11 is 0. The molecule has 3 amide bonds. The van der Waals surface area contributed by atoms with Crippen LogP contribution < -0.4 is 20.7 Å². The lowest BCUT2D eigenvalue weighted by Gasteiger charge is -2.08. The molecular formula is C22H21FN4O5. The van der Waals surface area contributed by atoms with Crippen LogP contribution in [0.5, 0.6) is 5.75 Å². The molecule has 0 radical (unpaired) electrons. The van der Waals surface area contributed by atoms with Gasteiger partial charge in [0.25, 0.3) is 5.91 Å². The average Bonchev–Trinajstić information content (AvgIpc) is 3.22. The third-order valence-electron chi connectivity index (χ3n) is 4.49. The van der Waals surface area contributed by atoms with Gasteiger partial charge in [-0.05, 0) is 42.0 Å². The number of benzene rings is 2. The Morgan fingerprint density at radius 3 is 2.62 bits per heavy atom. The fraction of sp³-hybridized carbons (Fsp3) is 0.182. The second kappa shape index (κ2) is 10.7. The molecular weight excluding hydrogens is 419 g/mol.